The first-order valence-electron chi connectivity index (χ1n) is 34.1. The van der Waals surface area contributed by atoms with E-state index in [0.717, 1.165) is 123 Å². The van der Waals surface area contributed by atoms with Crippen molar-refractivity contribution in [3.63, 3.8) is 0 Å². The van der Waals surface area contributed by atoms with Crippen molar-refractivity contribution in [2.75, 3.05) is 9.80 Å². The SMILES string of the molecule is CC(C)(C)c1cc(-c2ccccc2)c(N2c3cc(-c4ccccc4)ccc3B3c4c2cc(-n2c5ccccc5c5ccccc52)cc4N(c2c(-c4ccccc4)cc(C(C)(C)C)cc2-c2ccccc2)c2ccc4c(c23)c2ccccc2n4-c2ccccc2)c(-c2ccccc2)c1. The summed E-state index contributed by atoms with van der Waals surface area (Å²) in [7, 11) is 0. The fourth-order valence-electron chi connectivity index (χ4n) is 16.0. The Bertz CT molecular complexity index is 5590. The van der Waals surface area contributed by atoms with Gasteiger partial charge in [0.05, 0.1) is 39.1 Å². The molecule has 5 heteroatoms. The first-order valence-corrected chi connectivity index (χ1v) is 34.1. The maximum absolute atomic E-state index is 2.73. The summed E-state index contributed by atoms with van der Waals surface area (Å²) in [6.45, 7) is 13.8. The number of nitrogens with zero attached hydrogens (tertiary/aromatic N) is 4. The third-order valence-corrected chi connectivity index (χ3v) is 20.6. The smallest absolute Gasteiger partial charge is 0.253 e. The molecule has 0 spiro atoms. The molecule has 2 aliphatic rings. The molecular formula is C92H71BN4. The first-order chi connectivity index (χ1) is 47.4. The van der Waals surface area contributed by atoms with Crippen molar-refractivity contribution >= 4 is 101 Å². The molecule has 0 radical (unpaired) electrons. The molecule has 2 aliphatic heterocycles. The molecule has 4 heterocycles. The molecule has 0 saturated heterocycles. The molecule has 0 bridgehead atoms. The Hall–Kier alpha value is -11.7. The lowest BCUT2D eigenvalue weighted by Crippen LogP contribution is -2.61. The van der Waals surface area contributed by atoms with Gasteiger partial charge in [-0.3, -0.25) is 0 Å². The Labute approximate surface area is 568 Å². The molecule has 2 aromatic heterocycles. The molecular weight excluding hydrogens is 1170 g/mol. The lowest BCUT2D eigenvalue weighted by molar-refractivity contribution is 0.590. The van der Waals surface area contributed by atoms with Crippen molar-refractivity contribution in [2.24, 2.45) is 0 Å². The van der Waals surface area contributed by atoms with E-state index >= 15 is 0 Å². The van der Waals surface area contributed by atoms with Crippen molar-refractivity contribution in [3.8, 4) is 67.0 Å². The highest BCUT2D eigenvalue weighted by Crippen LogP contribution is 2.56. The molecule has 0 aliphatic carbocycles. The van der Waals surface area contributed by atoms with Gasteiger partial charge in [-0.05, 0) is 157 Å². The number of benzene rings is 14. The van der Waals surface area contributed by atoms with E-state index in [1.165, 1.54) is 49.1 Å². The van der Waals surface area contributed by atoms with Gasteiger partial charge in [-0.2, -0.15) is 0 Å². The molecule has 0 fully saturated rings. The second-order valence-electron chi connectivity index (χ2n) is 28.4. The van der Waals surface area contributed by atoms with Crippen molar-refractivity contribution in [1.82, 2.24) is 9.13 Å². The fraction of sp³-hybridized carbons (Fsp3) is 0.0870. The van der Waals surface area contributed by atoms with Crippen LogP contribution in [0.15, 0.2) is 322 Å². The van der Waals surface area contributed by atoms with E-state index in [4.69, 9.17) is 0 Å². The third-order valence-electron chi connectivity index (χ3n) is 20.6. The summed E-state index contributed by atoms with van der Waals surface area (Å²) in [5.41, 5.74) is 31.0. The molecule has 0 N–H and O–H groups in total. The Morgan fingerprint density at radius 1 is 0.258 bits per heavy atom. The van der Waals surface area contributed by atoms with Gasteiger partial charge in [0.25, 0.3) is 6.71 Å². The minimum Gasteiger partial charge on any atom is -0.310 e. The Balaban J connectivity index is 1.10. The molecule has 0 atom stereocenters. The molecule has 462 valence electrons. The normalized spacial score (nSPS) is 12.8. The highest BCUT2D eigenvalue weighted by molar-refractivity contribution is 7.02. The Morgan fingerprint density at radius 2 is 0.629 bits per heavy atom. The number of hydrogen-bond donors (Lipinski definition) is 0. The summed E-state index contributed by atoms with van der Waals surface area (Å²) in [5, 5.41) is 4.87. The van der Waals surface area contributed by atoms with Gasteiger partial charge in [0.15, 0.2) is 0 Å². The summed E-state index contributed by atoms with van der Waals surface area (Å²) in [6, 6.07) is 121. The monoisotopic (exact) mass is 1240 g/mol. The second kappa shape index (κ2) is 22.5. The third kappa shape index (κ3) is 9.35. The standard InChI is InChI=1S/C92H71BN4/c1-91(2,3)66-54-73(61-33-15-8-16-34-61)89(74(55-66)62-35-17-9-18-36-62)96-82-52-51-81-86(72-45-27-30-48-80(72)94(81)68-41-23-12-24-42-68)88(82)93-77-50-49-65(60-31-13-7-14-32-60)53-83(77)97(85-59-69(58-84(96)87(85)93)95-78-46-28-25-43-70(78)71-44-26-29-47-79(71)95)90-75(63-37-19-10-20-38-63)56-67(92(4,5)6)57-76(90)64-39-21-11-22-40-64/h7-59H,1-6H3. The van der Waals surface area contributed by atoms with Crippen LogP contribution in [0.5, 0.6) is 0 Å². The lowest BCUT2D eigenvalue weighted by Gasteiger charge is -2.46. The Morgan fingerprint density at radius 3 is 1.07 bits per heavy atom. The number of para-hydroxylation sites is 4. The minimum absolute atomic E-state index is 0.198. The van der Waals surface area contributed by atoms with Gasteiger partial charge < -0.3 is 18.9 Å². The summed E-state index contributed by atoms with van der Waals surface area (Å²) in [4.78, 5) is 5.45. The largest absolute Gasteiger partial charge is 0.310 e. The van der Waals surface area contributed by atoms with Gasteiger partial charge in [0.1, 0.15) is 0 Å². The van der Waals surface area contributed by atoms with Gasteiger partial charge in [-0.25, -0.2) is 0 Å². The van der Waals surface area contributed by atoms with Gasteiger partial charge in [0.2, 0.25) is 0 Å². The zero-order valence-electron chi connectivity index (χ0n) is 55.5. The van der Waals surface area contributed by atoms with Crippen LogP contribution in [0.3, 0.4) is 0 Å². The molecule has 14 aromatic carbocycles. The average Bonchev–Trinajstić information content (AvgIpc) is 1.63. The van der Waals surface area contributed by atoms with Gasteiger partial charge >= 0.3 is 0 Å². The minimum atomic E-state index is -0.290. The lowest BCUT2D eigenvalue weighted by atomic mass is 9.33. The van der Waals surface area contributed by atoms with E-state index in [-0.39, 0.29) is 17.5 Å². The zero-order chi connectivity index (χ0) is 65.3. The van der Waals surface area contributed by atoms with E-state index in [2.05, 4.69) is 382 Å². The van der Waals surface area contributed by atoms with Crippen molar-refractivity contribution in [2.45, 2.75) is 52.4 Å². The zero-order valence-corrected chi connectivity index (χ0v) is 55.5. The van der Waals surface area contributed by atoms with Crippen molar-refractivity contribution < 1.29 is 0 Å². The van der Waals surface area contributed by atoms with E-state index < -0.39 is 0 Å². The Kier molecular flexibility index (Phi) is 13.4. The highest BCUT2D eigenvalue weighted by Gasteiger charge is 2.47. The number of anilines is 6. The van der Waals surface area contributed by atoms with Crippen LogP contribution in [0.25, 0.3) is 111 Å². The van der Waals surface area contributed by atoms with Crippen LogP contribution in [0.4, 0.5) is 34.1 Å². The predicted molar refractivity (Wildman–Crippen MR) is 414 cm³/mol. The fourth-order valence-corrected chi connectivity index (χ4v) is 16.0. The predicted octanol–water partition coefficient (Wildman–Crippen LogP) is 22.9. The average molecular weight is 1240 g/mol. The first kappa shape index (κ1) is 58.0. The maximum Gasteiger partial charge on any atom is 0.253 e. The topological polar surface area (TPSA) is 16.3 Å². The molecule has 0 unspecified atom stereocenters. The molecule has 97 heavy (non-hydrogen) atoms. The molecule has 18 rings (SSSR count). The molecule has 0 saturated carbocycles. The van der Waals surface area contributed by atoms with Crippen LogP contribution < -0.4 is 26.2 Å². The summed E-state index contributed by atoms with van der Waals surface area (Å²) >= 11 is 0. The van der Waals surface area contributed by atoms with Crippen molar-refractivity contribution in [3.05, 3.63) is 333 Å². The van der Waals surface area contributed by atoms with Crippen molar-refractivity contribution in [1.29, 1.82) is 0 Å². The van der Waals surface area contributed by atoms with Crippen LogP contribution >= 0.6 is 0 Å². The maximum atomic E-state index is 2.73. The van der Waals surface area contributed by atoms with Crippen LogP contribution in [0, 0.1) is 0 Å². The number of aromatic nitrogens is 2. The summed E-state index contributed by atoms with van der Waals surface area (Å²) in [6.07, 6.45) is 0. The number of hydrogen-bond acceptors (Lipinski definition) is 2. The number of fused-ring (bicyclic) bond motifs is 11. The van der Waals surface area contributed by atoms with E-state index in [1.807, 2.05) is 0 Å². The summed E-state index contributed by atoms with van der Waals surface area (Å²) < 4.78 is 5.05. The van der Waals surface area contributed by atoms with Crippen LogP contribution in [0.1, 0.15) is 52.7 Å². The van der Waals surface area contributed by atoms with E-state index in [9.17, 15) is 0 Å². The molecule has 16 aromatic rings. The quantitative estimate of drug-likeness (QED) is 0.134. The van der Waals surface area contributed by atoms with E-state index in [0.29, 0.717) is 0 Å². The highest BCUT2D eigenvalue weighted by atomic mass is 15.2. The van der Waals surface area contributed by atoms with Gasteiger partial charge in [-0.1, -0.05) is 278 Å². The summed E-state index contributed by atoms with van der Waals surface area (Å²) in [5.74, 6) is 0. The van der Waals surface area contributed by atoms with Crippen LogP contribution in [-0.4, -0.2) is 15.8 Å². The van der Waals surface area contributed by atoms with Gasteiger partial charge in [-0.15, -0.1) is 0 Å². The van der Waals surface area contributed by atoms with Gasteiger partial charge in [0, 0.05) is 72.2 Å². The van der Waals surface area contributed by atoms with Crippen LogP contribution in [0.2, 0.25) is 0 Å². The number of rotatable bonds is 9. The molecule has 0 amide bonds. The van der Waals surface area contributed by atoms with E-state index in [1.54, 1.807) is 0 Å². The second-order valence-corrected chi connectivity index (χ2v) is 28.4. The molecule has 4 nitrogen and oxygen atoms in total. The van der Waals surface area contributed by atoms with Crippen LogP contribution in [-0.2, 0) is 10.8 Å².